The summed E-state index contributed by atoms with van der Waals surface area (Å²) in [4.78, 5) is 25.7. The Kier molecular flexibility index (Phi) is 6.52. The molecule has 0 aliphatic rings. The van der Waals surface area contributed by atoms with Crippen LogP contribution >= 0.6 is 22.6 Å². The first-order valence-corrected chi connectivity index (χ1v) is 12.4. The highest BCUT2D eigenvalue weighted by atomic mass is 127. The van der Waals surface area contributed by atoms with Crippen molar-refractivity contribution in [1.29, 1.82) is 0 Å². The molecule has 0 saturated heterocycles. The molecule has 168 valence electrons. The van der Waals surface area contributed by atoms with Gasteiger partial charge in [0.1, 0.15) is 6.54 Å². The normalized spacial score (nSPS) is 11.3. The monoisotopic (exact) mass is 574 g/mol. The minimum absolute atomic E-state index is 0.0731. The molecular weight excluding hydrogens is 555 g/mol. The van der Waals surface area contributed by atoms with Crippen LogP contribution in [0.1, 0.15) is 15.2 Å². The Hall–Kier alpha value is -3.18. The number of ether oxygens (including phenoxy) is 1. The van der Waals surface area contributed by atoms with Crippen LogP contribution in [0.5, 0.6) is 0 Å². The zero-order valence-electron chi connectivity index (χ0n) is 17.5. The second-order valence-electron chi connectivity index (χ2n) is 7.12. The summed E-state index contributed by atoms with van der Waals surface area (Å²) in [7, 11) is -2.77. The highest BCUT2D eigenvalue weighted by Gasteiger charge is 2.28. The first kappa shape index (κ1) is 23.0. The molecule has 9 heteroatoms. The van der Waals surface area contributed by atoms with Gasteiger partial charge in [0.15, 0.2) is 0 Å². The van der Waals surface area contributed by atoms with Crippen molar-refractivity contribution in [1.82, 2.24) is 4.57 Å². The van der Waals surface area contributed by atoms with Gasteiger partial charge in [-0.1, -0.05) is 36.4 Å². The van der Waals surface area contributed by atoms with Gasteiger partial charge in [0.2, 0.25) is 0 Å². The summed E-state index contributed by atoms with van der Waals surface area (Å²) in [5.74, 6) is -1.09. The molecule has 4 aromatic rings. The number of nitrogens with zero attached hydrogens (tertiary/aromatic N) is 2. The van der Waals surface area contributed by atoms with Crippen molar-refractivity contribution in [3.63, 3.8) is 0 Å². The van der Waals surface area contributed by atoms with Gasteiger partial charge in [-0.05, 0) is 65.1 Å². The average molecular weight is 574 g/mol. The number of methoxy groups -OCH3 is 1. The van der Waals surface area contributed by atoms with E-state index in [0.717, 1.165) is 7.88 Å². The van der Waals surface area contributed by atoms with Gasteiger partial charge in [-0.15, -0.1) is 0 Å². The smallest absolute Gasteiger partial charge is 0.340 e. The second-order valence-corrected chi connectivity index (χ2v) is 10.2. The first-order valence-electron chi connectivity index (χ1n) is 9.88. The fraction of sp³-hybridized carbons (Fsp3) is 0.0833. The number of benzene rings is 3. The van der Waals surface area contributed by atoms with Crippen LogP contribution in [0.15, 0.2) is 90.0 Å². The van der Waals surface area contributed by atoms with E-state index in [1.54, 1.807) is 66.7 Å². The van der Waals surface area contributed by atoms with Gasteiger partial charge in [-0.2, -0.15) is 0 Å². The minimum atomic E-state index is -4.03. The van der Waals surface area contributed by atoms with Crippen LogP contribution in [0, 0.1) is 3.57 Å². The van der Waals surface area contributed by atoms with Gasteiger partial charge < -0.3 is 4.74 Å². The molecule has 0 saturated carbocycles. The molecule has 3 aromatic carbocycles. The van der Waals surface area contributed by atoms with Crippen molar-refractivity contribution in [2.75, 3.05) is 18.0 Å². The van der Waals surface area contributed by atoms with Gasteiger partial charge >= 0.3 is 5.97 Å². The molecule has 0 aliphatic heterocycles. The number of hydrogen-bond acceptors (Lipinski definition) is 5. The number of sulfonamides is 1. The lowest BCUT2D eigenvalue weighted by molar-refractivity contribution is 0.0603. The minimum Gasteiger partial charge on any atom is -0.465 e. The molecule has 0 bridgehead atoms. The Labute approximate surface area is 204 Å². The summed E-state index contributed by atoms with van der Waals surface area (Å²) in [6.45, 7) is -0.461. The van der Waals surface area contributed by atoms with E-state index in [1.165, 1.54) is 30.0 Å². The highest BCUT2D eigenvalue weighted by Crippen LogP contribution is 2.26. The Morgan fingerprint density at radius 3 is 2.24 bits per heavy atom. The molecule has 1 aromatic heterocycles. The molecule has 0 spiro atoms. The van der Waals surface area contributed by atoms with Crippen LogP contribution in [-0.2, 0) is 14.8 Å². The molecular formula is C24H19IN2O5S. The maximum Gasteiger partial charge on any atom is 0.340 e. The van der Waals surface area contributed by atoms with E-state index in [0.29, 0.717) is 16.6 Å². The molecule has 0 aliphatic carbocycles. The van der Waals surface area contributed by atoms with E-state index in [-0.39, 0.29) is 10.5 Å². The van der Waals surface area contributed by atoms with Crippen LogP contribution in [0.25, 0.3) is 10.9 Å². The Morgan fingerprint density at radius 1 is 0.939 bits per heavy atom. The average Bonchev–Trinajstić information content (AvgIpc) is 3.23. The number of carbonyl (C=O) groups is 2. The molecule has 0 amide bonds. The summed E-state index contributed by atoms with van der Waals surface area (Å²) >= 11 is 2.13. The van der Waals surface area contributed by atoms with Crippen molar-refractivity contribution < 1.29 is 22.7 Å². The number of esters is 1. The van der Waals surface area contributed by atoms with Crippen molar-refractivity contribution in [2.45, 2.75) is 4.90 Å². The number of fused-ring (bicyclic) bond motifs is 1. The SMILES string of the molecule is COC(=O)c1cn(C(=O)CN(c2ccc(I)cc2)S(=O)(=O)c2ccccc2)c2ccccc12. The van der Waals surface area contributed by atoms with E-state index < -0.39 is 28.4 Å². The van der Waals surface area contributed by atoms with Crippen molar-refractivity contribution >= 4 is 61.1 Å². The van der Waals surface area contributed by atoms with Gasteiger partial charge in [0.25, 0.3) is 15.9 Å². The van der Waals surface area contributed by atoms with Crippen molar-refractivity contribution in [3.8, 4) is 0 Å². The second kappa shape index (κ2) is 9.36. The fourth-order valence-electron chi connectivity index (χ4n) is 3.50. The third-order valence-corrected chi connectivity index (χ3v) is 7.62. The maximum absolute atomic E-state index is 13.5. The van der Waals surface area contributed by atoms with E-state index in [9.17, 15) is 18.0 Å². The van der Waals surface area contributed by atoms with Crippen LogP contribution in [0.3, 0.4) is 0 Å². The summed E-state index contributed by atoms with van der Waals surface area (Å²) in [5, 5.41) is 0.546. The highest BCUT2D eigenvalue weighted by molar-refractivity contribution is 14.1. The Bertz CT molecular complexity index is 1430. The van der Waals surface area contributed by atoms with Gasteiger partial charge in [-0.3, -0.25) is 13.7 Å². The van der Waals surface area contributed by atoms with Gasteiger partial charge in [0, 0.05) is 15.2 Å². The molecule has 0 unspecified atom stereocenters. The van der Waals surface area contributed by atoms with Crippen LogP contribution in [-0.4, -0.2) is 38.5 Å². The molecule has 0 atom stereocenters. The van der Waals surface area contributed by atoms with Crippen molar-refractivity contribution in [2.24, 2.45) is 0 Å². The number of para-hydroxylation sites is 1. The largest absolute Gasteiger partial charge is 0.465 e. The number of hydrogen-bond donors (Lipinski definition) is 0. The molecule has 7 nitrogen and oxygen atoms in total. The topological polar surface area (TPSA) is 85.7 Å². The van der Waals surface area contributed by atoms with E-state index in [2.05, 4.69) is 22.6 Å². The van der Waals surface area contributed by atoms with E-state index in [1.807, 2.05) is 0 Å². The van der Waals surface area contributed by atoms with Crippen LogP contribution in [0.4, 0.5) is 5.69 Å². The third-order valence-electron chi connectivity index (χ3n) is 5.11. The number of carbonyl (C=O) groups excluding carboxylic acids is 2. The van der Waals surface area contributed by atoms with Gasteiger partial charge in [-0.25, -0.2) is 13.2 Å². The zero-order valence-corrected chi connectivity index (χ0v) is 20.5. The number of anilines is 1. The first-order chi connectivity index (χ1) is 15.8. The quantitative estimate of drug-likeness (QED) is 0.249. The summed E-state index contributed by atoms with van der Waals surface area (Å²) in [6, 6.07) is 21.7. The van der Waals surface area contributed by atoms with Gasteiger partial charge in [0.05, 0.1) is 28.8 Å². The predicted octanol–water partition coefficient (Wildman–Crippen LogP) is 4.57. The summed E-state index contributed by atoms with van der Waals surface area (Å²) < 4.78 is 35.1. The van der Waals surface area contributed by atoms with E-state index in [4.69, 9.17) is 4.74 Å². The van der Waals surface area contributed by atoms with Crippen molar-refractivity contribution in [3.05, 3.63) is 94.2 Å². The number of halogens is 1. The zero-order chi connectivity index (χ0) is 23.6. The summed E-state index contributed by atoms with van der Waals surface area (Å²) in [5.41, 5.74) is 1.08. The lowest BCUT2D eigenvalue weighted by Crippen LogP contribution is -2.37. The number of aromatic nitrogens is 1. The standard InChI is InChI=1S/C24H19IN2O5S/c1-32-24(29)21-15-26(22-10-6-5-9-20(21)22)23(28)16-27(18-13-11-17(25)12-14-18)33(30,31)19-7-3-2-4-8-19/h2-15H,16H2,1H3. The van der Waals surface area contributed by atoms with Crippen LogP contribution in [0.2, 0.25) is 0 Å². The predicted molar refractivity (Wildman–Crippen MR) is 134 cm³/mol. The molecule has 0 N–H and O–H groups in total. The Morgan fingerprint density at radius 2 is 1.58 bits per heavy atom. The summed E-state index contributed by atoms with van der Waals surface area (Å²) in [6.07, 6.45) is 1.39. The number of rotatable bonds is 6. The maximum atomic E-state index is 13.5. The molecule has 0 fully saturated rings. The van der Waals surface area contributed by atoms with Crippen LogP contribution < -0.4 is 4.31 Å². The lowest BCUT2D eigenvalue weighted by atomic mass is 10.2. The fourth-order valence-corrected chi connectivity index (χ4v) is 5.29. The Balaban J connectivity index is 1.80. The lowest BCUT2D eigenvalue weighted by Gasteiger charge is -2.24. The molecule has 4 rings (SSSR count). The van der Waals surface area contributed by atoms with E-state index >= 15 is 0 Å². The molecule has 0 radical (unpaired) electrons. The third kappa shape index (κ3) is 4.51. The molecule has 33 heavy (non-hydrogen) atoms. The molecule has 1 heterocycles.